The second-order valence-electron chi connectivity index (χ2n) is 4.50. The van der Waals surface area contributed by atoms with Crippen LogP contribution in [0.15, 0.2) is 15.7 Å². The summed E-state index contributed by atoms with van der Waals surface area (Å²) < 4.78 is 1.52. The lowest BCUT2D eigenvalue weighted by Gasteiger charge is -2.14. The molecular weight excluding hydrogens is 278 g/mol. The van der Waals surface area contributed by atoms with Crippen molar-refractivity contribution in [3.05, 3.63) is 44.0 Å². The molecule has 20 heavy (non-hydrogen) atoms. The monoisotopic (exact) mass is 293 g/mol. The summed E-state index contributed by atoms with van der Waals surface area (Å²) in [6.07, 6.45) is 0.503. The molecule has 2 aromatic heterocycles. The first kappa shape index (κ1) is 14.4. The van der Waals surface area contributed by atoms with Crippen molar-refractivity contribution < 1.29 is 9.90 Å². The van der Waals surface area contributed by atoms with Crippen molar-refractivity contribution >= 4 is 17.3 Å². The Morgan fingerprint density at radius 3 is 2.80 bits per heavy atom. The number of hydrogen-bond donors (Lipinski definition) is 1. The molecule has 0 aliphatic rings. The zero-order chi connectivity index (χ0) is 14.7. The van der Waals surface area contributed by atoms with E-state index >= 15 is 0 Å². The van der Waals surface area contributed by atoms with Crippen molar-refractivity contribution in [2.75, 3.05) is 0 Å². The van der Waals surface area contributed by atoms with E-state index in [1.165, 1.54) is 15.9 Å². The van der Waals surface area contributed by atoms with Crippen LogP contribution in [-0.4, -0.2) is 25.6 Å². The second kappa shape index (κ2) is 5.96. The van der Waals surface area contributed by atoms with Crippen LogP contribution in [0.25, 0.3) is 0 Å². The van der Waals surface area contributed by atoms with E-state index in [1.54, 1.807) is 19.4 Å². The zero-order valence-electron chi connectivity index (χ0n) is 11.3. The molecule has 0 aliphatic heterocycles. The molecular formula is C13H15N3O3S. The standard InChI is InChI=1S/C13H15N3O3S/c1-8-11(5-12(17)18)9(2)16(13(19)15-8)4-3-10-6-20-7-14-10/h6-7H,3-5H2,1-2H3,(H,17,18). The number of aryl methyl sites for hydroxylation is 2. The van der Waals surface area contributed by atoms with Gasteiger partial charge in [-0.05, 0) is 13.8 Å². The van der Waals surface area contributed by atoms with Gasteiger partial charge < -0.3 is 5.11 Å². The lowest BCUT2D eigenvalue weighted by atomic mass is 10.1. The zero-order valence-corrected chi connectivity index (χ0v) is 12.1. The van der Waals surface area contributed by atoms with Crippen LogP contribution in [0.4, 0.5) is 0 Å². The Morgan fingerprint density at radius 1 is 1.45 bits per heavy atom. The normalized spacial score (nSPS) is 10.7. The highest BCUT2D eigenvalue weighted by Gasteiger charge is 2.14. The number of aliphatic carboxylic acids is 1. The number of rotatable bonds is 5. The van der Waals surface area contributed by atoms with Gasteiger partial charge in [-0.3, -0.25) is 9.36 Å². The number of hydrogen-bond acceptors (Lipinski definition) is 5. The second-order valence-corrected chi connectivity index (χ2v) is 5.21. The molecule has 0 saturated heterocycles. The molecule has 6 nitrogen and oxygen atoms in total. The Morgan fingerprint density at radius 2 is 2.20 bits per heavy atom. The number of nitrogens with zero attached hydrogens (tertiary/aromatic N) is 3. The molecule has 7 heteroatoms. The van der Waals surface area contributed by atoms with Crippen LogP contribution >= 0.6 is 11.3 Å². The van der Waals surface area contributed by atoms with E-state index in [0.717, 1.165) is 5.69 Å². The maximum absolute atomic E-state index is 11.9. The van der Waals surface area contributed by atoms with E-state index in [4.69, 9.17) is 5.11 Å². The van der Waals surface area contributed by atoms with E-state index in [0.29, 0.717) is 29.9 Å². The summed E-state index contributed by atoms with van der Waals surface area (Å²) in [5, 5.41) is 10.9. The quantitative estimate of drug-likeness (QED) is 0.895. The molecule has 106 valence electrons. The highest BCUT2D eigenvalue weighted by molar-refractivity contribution is 7.07. The maximum atomic E-state index is 11.9. The predicted octanol–water partition coefficient (Wildman–Crippen LogP) is 1.19. The largest absolute Gasteiger partial charge is 0.481 e. The Bertz CT molecular complexity index is 677. The van der Waals surface area contributed by atoms with E-state index in [2.05, 4.69) is 9.97 Å². The number of carboxylic acids is 1. The van der Waals surface area contributed by atoms with Gasteiger partial charge in [0.2, 0.25) is 0 Å². The van der Waals surface area contributed by atoms with Crippen molar-refractivity contribution in [2.45, 2.75) is 33.2 Å². The summed E-state index contributed by atoms with van der Waals surface area (Å²) in [4.78, 5) is 30.9. The van der Waals surface area contributed by atoms with Crippen molar-refractivity contribution in [1.29, 1.82) is 0 Å². The Labute approximate surface area is 119 Å². The molecule has 0 atom stereocenters. The maximum Gasteiger partial charge on any atom is 0.347 e. The fraction of sp³-hybridized carbons (Fsp3) is 0.385. The van der Waals surface area contributed by atoms with Gasteiger partial charge >= 0.3 is 11.7 Å². The molecule has 2 rings (SSSR count). The summed E-state index contributed by atoms with van der Waals surface area (Å²) in [7, 11) is 0. The SMILES string of the molecule is Cc1nc(=O)n(CCc2cscn2)c(C)c1CC(=O)O. The fourth-order valence-electron chi connectivity index (χ4n) is 2.10. The molecule has 0 fully saturated rings. The smallest absolute Gasteiger partial charge is 0.347 e. The van der Waals surface area contributed by atoms with Crippen molar-refractivity contribution in [3.63, 3.8) is 0 Å². The van der Waals surface area contributed by atoms with E-state index < -0.39 is 5.97 Å². The average Bonchev–Trinajstić information content (AvgIpc) is 2.87. The van der Waals surface area contributed by atoms with Gasteiger partial charge in [0.05, 0.1) is 17.6 Å². The third-order valence-electron chi connectivity index (χ3n) is 3.18. The van der Waals surface area contributed by atoms with Gasteiger partial charge in [-0.15, -0.1) is 11.3 Å². The van der Waals surface area contributed by atoms with Crippen LogP contribution in [0.3, 0.4) is 0 Å². The summed E-state index contributed by atoms with van der Waals surface area (Å²) in [5.74, 6) is -0.928. The summed E-state index contributed by atoms with van der Waals surface area (Å²) in [5.41, 5.74) is 4.08. The first-order valence-electron chi connectivity index (χ1n) is 6.15. The van der Waals surface area contributed by atoms with Crippen molar-refractivity contribution in [1.82, 2.24) is 14.5 Å². The molecule has 0 aromatic carbocycles. The predicted molar refractivity (Wildman–Crippen MR) is 75.1 cm³/mol. The highest BCUT2D eigenvalue weighted by atomic mass is 32.1. The molecule has 2 heterocycles. The molecule has 0 aliphatic carbocycles. The average molecular weight is 293 g/mol. The van der Waals surface area contributed by atoms with Crippen LogP contribution in [0.2, 0.25) is 0 Å². The van der Waals surface area contributed by atoms with E-state index in [1.807, 2.05) is 5.38 Å². The van der Waals surface area contributed by atoms with E-state index in [9.17, 15) is 9.59 Å². The van der Waals surface area contributed by atoms with Gasteiger partial charge in [-0.25, -0.2) is 9.78 Å². The third-order valence-corrected chi connectivity index (χ3v) is 3.81. The Hall–Kier alpha value is -2.02. The Kier molecular flexibility index (Phi) is 4.29. The van der Waals surface area contributed by atoms with Gasteiger partial charge in [0.25, 0.3) is 0 Å². The minimum Gasteiger partial charge on any atom is -0.481 e. The van der Waals surface area contributed by atoms with Crippen LogP contribution in [-0.2, 0) is 24.2 Å². The van der Waals surface area contributed by atoms with Crippen LogP contribution < -0.4 is 5.69 Å². The molecule has 1 N–H and O–H groups in total. The summed E-state index contributed by atoms with van der Waals surface area (Å²) >= 11 is 1.51. The minimum absolute atomic E-state index is 0.123. The van der Waals surface area contributed by atoms with Crippen LogP contribution in [0.1, 0.15) is 22.6 Å². The molecule has 2 aromatic rings. The lowest BCUT2D eigenvalue weighted by molar-refractivity contribution is -0.136. The molecule has 0 amide bonds. The van der Waals surface area contributed by atoms with Crippen molar-refractivity contribution in [2.24, 2.45) is 0 Å². The van der Waals surface area contributed by atoms with Gasteiger partial charge in [-0.1, -0.05) is 0 Å². The lowest BCUT2D eigenvalue weighted by Crippen LogP contribution is -2.29. The number of carbonyl (C=O) groups is 1. The number of aromatic nitrogens is 3. The van der Waals surface area contributed by atoms with E-state index in [-0.39, 0.29) is 12.1 Å². The molecule has 0 spiro atoms. The Balaban J connectivity index is 2.32. The number of thiazole rings is 1. The molecule has 0 bridgehead atoms. The summed E-state index contributed by atoms with van der Waals surface area (Å²) in [6.45, 7) is 3.88. The minimum atomic E-state index is -0.928. The fourth-order valence-corrected chi connectivity index (χ4v) is 2.69. The summed E-state index contributed by atoms with van der Waals surface area (Å²) in [6, 6.07) is 0. The third kappa shape index (κ3) is 3.11. The van der Waals surface area contributed by atoms with Crippen molar-refractivity contribution in [3.8, 4) is 0 Å². The van der Waals surface area contributed by atoms with Gasteiger partial charge in [0.15, 0.2) is 0 Å². The van der Waals surface area contributed by atoms with Gasteiger partial charge in [0.1, 0.15) is 0 Å². The van der Waals surface area contributed by atoms with Gasteiger partial charge in [-0.2, -0.15) is 4.98 Å². The highest BCUT2D eigenvalue weighted by Crippen LogP contribution is 2.11. The number of carboxylic acid groups (broad SMARTS) is 1. The van der Waals surface area contributed by atoms with Crippen LogP contribution in [0, 0.1) is 13.8 Å². The van der Waals surface area contributed by atoms with Gasteiger partial charge in [0, 0.05) is 35.3 Å². The van der Waals surface area contributed by atoms with Crippen LogP contribution in [0.5, 0.6) is 0 Å². The molecule has 0 unspecified atom stereocenters. The topological polar surface area (TPSA) is 85.1 Å². The first-order chi connectivity index (χ1) is 9.49. The molecule has 0 saturated carbocycles. The molecule has 0 radical (unpaired) electrons. The first-order valence-corrected chi connectivity index (χ1v) is 7.09.